The molecule has 1 amide bonds. The van der Waals surface area contributed by atoms with Crippen LogP contribution in [0.2, 0.25) is 0 Å². The summed E-state index contributed by atoms with van der Waals surface area (Å²) in [4.78, 5) is 12.5. The Morgan fingerprint density at radius 3 is 2.18 bits per heavy atom. The zero-order valence-corrected chi connectivity index (χ0v) is 17.6. The minimum atomic E-state index is -3.63. The molecule has 3 aromatic rings. The van der Waals surface area contributed by atoms with Crippen LogP contribution in [0.15, 0.2) is 88.2 Å². The predicted octanol–water partition coefficient (Wildman–Crippen LogP) is 4.52. The quantitative estimate of drug-likeness (QED) is 0.590. The Morgan fingerprint density at radius 1 is 0.929 bits per heavy atom. The van der Waals surface area contributed by atoms with Crippen LogP contribution in [-0.2, 0) is 16.6 Å². The highest BCUT2D eigenvalue weighted by atomic mass is 79.9. The second-order valence-corrected chi connectivity index (χ2v) is 9.10. The number of benzene rings is 3. The van der Waals surface area contributed by atoms with Crippen molar-refractivity contribution < 1.29 is 13.2 Å². The number of sulfonamides is 1. The maximum atomic E-state index is 12.8. The number of nitrogens with one attached hydrogen (secondary N) is 1. The summed E-state index contributed by atoms with van der Waals surface area (Å²) < 4.78 is 27.5. The van der Waals surface area contributed by atoms with Gasteiger partial charge in [0.2, 0.25) is 10.0 Å². The largest absolute Gasteiger partial charge is 0.322 e. The van der Waals surface area contributed by atoms with Crippen molar-refractivity contribution in [3.05, 3.63) is 94.5 Å². The first kappa shape index (κ1) is 20.3. The van der Waals surface area contributed by atoms with Crippen LogP contribution in [0.1, 0.15) is 15.9 Å². The third-order valence-electron chi connectivity index (χ3n) is 4.19. The predicted molar refractivity (Wildman–Crippen MR) is 114 cm³/mol. The van der Waals surface area contributed by atoms with Crippen molar-refractivity contribution >= 4 is 37.5 Å². The standard InChI is InChI=1S/C21H19BrN2O3S/c1-24(15-16-7-3-2-4-8-16)28(26,27)18-13-11-17(12-14-18)23-21(25)19-9-5-6-10-20(19)22/h2-14H,15H2,1H3,(H,23,25). The molecular weight excluding hydrogens is 440 g/mol. The molecule has 7 heteroatoms. The lowest BCUT2D eigenvalue weighted by Crippen LogP contribution is -2.26. The van der Waals surface area contributed by atoms with Crippen molar-refractivity contribution in [2.75, 3.05) is 12.4 Å². The maximum Gasteiger partial charge on any atom is 0.256 e. The van der Waals surface area contributed by atoms with Gasteiger partial charge < -0.3 is 5.32 Å². The summed E-state index contributed by atoms with van der Waals surface area (Å²) in [7, 11) is -2.08. The zero-order chi connectivity index (χ0) is 20.1. The van der Waals surface area contributed by atoms with Crippen molar-refractivity contribution in [2.45, 2.75) is 11.4 Å². The molecule has 0 spiro atoms. The minimum Gasteiger partial charge on any atom is -0.322 e. The minimum absolute atomic E-state index is 0.171. The highest BCUT2D eigenvalue weighted by molar-refractivity contribution is 9.10. The molecule has 28 heavy (non-hydrogen) atoms. The molecule has 0 fully saturated rings. The Labute approximate surface area is 173 Å². The van der Waals surface area contributed by atoms with Gasteiger partial charge in [0.1, 0.15) is 0 Å². The van der Waals surface area contributed by atoms with E-state index >= 15 is 0 Å². The summed E-state index contributed by atoms with van der Waals surface area (Å²) in [5, 5.41) is 2.77. The van der Waals surface area contributed by atoms with Crippen LogP contribution in [0, 0.1) is 0 Å². The van der Waals surface area contributed by atoms with E-state index in [1.165, 1.54) is 16.4 Å². The summed E-state index contributed by atoms with van der Waals surface area (Å²) in [6.45, 7) is 0.281. The summed E-state index contributed by atoms with van der Waals surface area (Å²) in [6.07, 6.45) is 0. The molecule has 3 rings (SSSR count). The van der Waals surface area contributed by atoms with Crippen molar-refractivity contribution in [1.82, 2.24) is 4.31 Å². The fourth-order valence-corrected chi connectivity index (χ4v) is 4.28. The molecule has 0 atom stereocenters. The van der Waals surface area contributed by atoms with Crippen LogP contribution in [0.4, 0.5) is 5.69 Å². The number of hydrogen-bond donors (Lipinski definition) is 1. The molecule has 0 bridgehead atoms. The lowest BCUT2D eigenvalue weighted by molar-refractivity contribution is 0.102. The number of nitrogens with zero attached hydrogens (tertiary/aromatic N) is 1. The average Bonchev–Trinajstić information content (AvgIpc) is 2.69. The molecule has 5 nitrogen and oxygen atoms in total. The molecule has 3 aromatic carbocycles. The molecule has 0 saturated heterocycles. The van der Waals surface area contributed by atoms with E-state index < -0.39 is 10.0 Å². The second kappa shape index (κ2) is 8.68. The number of carbonyl (C=O) groups excluding carboxylic acids is 1. The second-order valence-electron chi connectivity index (χ2n) is 6.21. The SMILES string of the molecule is CN(Cc1ccccc1)S(=O)(=O)c1ccc(NC(=O)c2ccccc2Br)cc1. The molecule has 0 unspecified atom stereocenters. The van der Waals surface area contributed by atoms with Gasteiger partial charge in [-0.1, -0.05) is 42.5 Å². The molecular formula is C21H19BrN2O3S. The van der Waals surface area contributed by atoms with E-state index in [1.807, 2.05) is 36.4 Å². The fraction of sp³-hybridized carbons (Fsp3) is 0.0952. The maximum absolute atomic E-state index is 12.8. The number of amides is 1. The summed E-state index contributed by atoms with van der Waals surface area (Å²) in [5.74, 6) is -0.274. The average molecular weight is 459 g/mol. The highest BCUT2D eigenvalue weighted by Gasteiger charge is 2.21. The van der Waals surface area contributed by atoms with Crippen LogP contribution in [0.25, 0.3) is 0 Å². The smallest absolute Gasteiger partial charge is 0.256 e. The Morgan fingerprint density at radius 2 is 1.54 bits per heavy atom. The number of carbonyl (C=O) groups is 1. The van der Waals surface area contributed by atoms with Gasteiger partial charge in [0.15, 0.2) is 0 Å². The van der Waals surface area contributed by atoms with Gasteiger partial charge in [-0.05, 0) is 57.9 Å². The Balaban J connectivity index is 1.72. The monoisotopic (exact) mass is 458 g/mol. The first-order valence-electron chi connectivity index (χ1n) is 8.54. The van der Waals surface area contributed by atoms with Gasteiger partial charge in [-0.3, -0.25) is 4.79 Å². The molecule has 0 aromatic heterocycles. The molecule has 0 radical (unpaired) electrons. The van der Waals surface area contributed by atoms with Crippen molar-refractivity contribution in [1.29, 1.82) is 0 Å². The lowest BCUT2D eigenvalue weighted by atomic mass is 10.2. The van der Waals surface area contributed by atoms with Crippen molar-refractivity contribution in [3.8, 4) is 0 Å². The van der Waals surface area contributed by atoms with Crippen LogP contribution in [0.5, 0.6) is 0 Å². The number of rotatable bonds is 6. The van der Waals surface area contributed by atoms with Gasteiger partial charge in [-0.25, -0.2) is 8.42 Å². The van der Waals surface area contributed by atoms with E-state index in [4.69, 9.17) is 0 Å². The number of hydrogen-bond acceptors (Lipinski definition) is 3. The molecule has 0 aliphatic rings. The van der Waals surface area contributed by atoms with Crippen LogP contribution in [-0.4, -0.2) is 25.7 Å². The third-order valence-corrected chi connectivity index (χ3v) is 6.70. The van der Waals surface area contributed by atoms with Gasteiger partial charge in [0.25, 0.3) is 5.91 Å². The molecule has 0 heterocycles. The van der Waals surface area contributed by atoms with Crippen molar-refractivity contribution in [3.63, 3.8) is 0 Å². The molecule has 1 N–H and O–H groups in total. The summed E-state index contributed by atoms with van der Waals surface area (Å²) in [6, 6.07) is 22.6. The third kappa shape index (κ3) is 4.67. The molecule has 0 aliphatic carbocycles. The Kier molecular flexibility index (Phi) is 6.28. The summed E-state index contributed by atoms with van der Waals surface area (Å²) in [5.41, 5.74) is 1.93. The van der Waals surface area contributed by atoms with Gasteiger partial charge in [0.05, 0.1) is 10.5 Å². The molecule has 0 saturated carbocycles. The highest BCUT2D eigenvalue weighted by Crippen LogP contribution is 2.21. The van der Waals surface area contributed by atoms with Gasteiger partial charge in [-0.2, -0.15) is 4.31 Å². The van der Waals surface area contributed by atoms with E-state index in [9.17, 15) is 13.2 Å². The van der Waals surface area contributed by atoms with Crippen LogP contribution >= 0.6 is 15.9 Å². The molecule has 144 valence electrons. The van der Waals surface area contributed by atoms with E-state index in [1.54, 1.807) is 37.4 Å². The lowest BCUT2D eigenvalue weighted by Gasteiger charge is -2.17. The normalized spacial score (nSPS) is 11.4. The first-order valence-corrected chi connectivity index (χ1v) is 10.8. The topological polar surface area (TPSA) is 66.5 Å². The fourth-order valence-electron chi connectivity index (χ4n) is 2.66. The van der Waals surface area contributed by atoms with Gasteiger partial charge in [0, 0.05) is 23.8 Å². The van der Waals surface area contributed by atoms with Gasteiger partial charge >= 0.3 is 0 Å². The van der Waals surface area contributed by atoms with E-state index in [0.29, 0.717) is 15.7 Å². The van der Waals surface area contributed by atoms with E-state index in [2.05, 4.69) is 21.2 Å². The van der Waals surface area contributed by atoms with E-state index in [-0.39, 0.29) is 17.3 Å². The van der Waals surface area contributed by atoms with Crippen LogP contribution in [0.3, 0.4) is 0 Å². The summed E-state index contributed by atoms with van der Waals surface area (Å²) >= 11 is 3.35. The Bertz CT molecular complexity index is 1070. The first-order chi connectivity index (χ1) is 13.4. The Hall–Kier alpha value is -2.48. The number of halogens is 1. The molecule has 0 aliphatic heterocycles. The van der Waals surface area contributed by atoms with Crippen LogP contribution < -0.4 is 5.32 Å². The zero-order valence-electron chi connectivity index (χ0n) is 15.2. The number of anilines is 1. The van der Waals surface area contributed by atoms with E-state index in [0.717, 1.165) is 5.56 Å². The van der Waals surface area contributed by atoms with Gasteiger partial charge in [-0.15, -0.1) is 0 Å². The van der Waals surface area contributed by atoms with Crippen molar-refractivity contribution in [2.24, 2.45) is 0 Å².